The average Bonchev–Trinajstić information content (AvgIpc) is 2.47. The van der Waals surface area contributed by atoms with Crippen LogP contribution in [0.3, 0.4) is 0 Å². The third kappa shape index (κ3) is 1.46. The Labute approximate surface area is 76.3 Å². The van der Waals surface area contributed by atoms with Gasteiger partial charge in [-0.25, -0.2) is 9.59 Å². The molecule has 0 aromatic rings. The van der Waals surface area contributed by atoms with E-state index in [0.717, 1.165) is 0 Å². The maximum atomic E-state index is 11.2. The van der Waals surface area contributed by atoms with Crippen LogP contribution in [0.1, 0.15) is 19.8 Å². The molecule has 74 valence electrons. The van der Waals surface area contributed by atoms with Crippen molar-refractivity contribution in [1.29, 1.82) is 0 Å². The zero-order chi connectivity index (χ0) is 10.1. The van der Waals surface area contributed by atoms with Crippen molar-refractivity contribution in [3.05, 3.63) is 0 Å². The van der Waals surface area contributed by atoms with Crippen LogP contribution in [0.5, 0.6) is 0 Å². The summed E-state index contributed by atoms with van der Waals surface area (Å²) >= 11 is 0. The van der Waals surface area contributed by atoms with Crippen LogP contribution < -0.4 is 0 Å². The molecule has 1 saturated heterocycles. The first-order valence-electron chi connectivity index (χ1n) is 4.11. The Morgan fingerprint density at radius 2 is 2.15 bits per heavy atom. The lowest BCUT2D eigenvalue weighted by Gasteiger charge is -2.29. The molecule has 1 N–H and O–H groups in total. The topological polar surface area (TPSA) is 66.8 Å². The first kappa shape index (κ1) is 9.83. The van der Waals surface area contributed by atoms with Gasteiger partial charge >= 0.3 is 12.1 Å². The minimum Gasteiger partial charge on any atom is -0.480 e. The second-order valence-electron chi connectivity index (χ2n) is 3.30. The van der Waals surface area contributed by atoms with Crippen molar-refractivity contribution < 1.29 is 19.4 Å². The molecule has 5 heteroatoms. The Bertz CT molecular complexity index is 240. The Kier molecular flexibility index (Phi) is 2.45. The zero-order valence-electron chi connectivity index (χ0n) is 7.74. The fourth-order valence-corrected chi connectivity index (χ4v) is 1.59. The minimum absolute atomic E-state index is 0.454. The molecular weight excluding hydrogens is 174 g/mol. The summed E-state index contributed by atoms with van der Waals surface area (Å²) in [5, 5.41) is 8.94. The highest BCUT2D eigenvalue weighted by atomic mass is 16.5. The smallest absolute Gasteiger partial charge is 0.410 e. The molecule has 1 fully saturated rings. The summed E-state index contributed by atoms with van der Waals surface area (Å²) in [5.41, 5.74) is -1.09. The molecule has 0 bridgehead atoms. The number of hydrogen-bond acceptors (Lipinski definition) is 3. The van der Waals surface area contributed by atoms with Crippen molar-refractivity contribution in [3.63, 3.8) is 0 Å². The van der Waals surface area contributed by atoms with Gasteiger partial charge in [0.1, 0.15) is 5.54 Å². The van der Waals surface area contributed by atoms with Crippen LogP contribution in [0.2, 0.25) is 0 Å². The molecule has 0 radical (unpaired) electrons. The molecule has 13 heavy (non-hydrogen) atoms. The lowest BCUT2D eigenvalue weighted by molar-refractivity contribution is -0.147. The third-order valence-electron chi connectivity index (χ3n) is 2.50. The van der Waals surface area contributed by atoms with Gasteiger partial charge in [-0.3, -0.25) is 4.90 Å². The van der Waals surface area contributed by atoms with Gasteiger partial charge in [0.15, 0.2) is 0 Å². The average molecular weight is 187 g/mol. The van der Waals surface area contributed by atoms with Crippen LogP contribution in [0.4, 0.5) is 4.79 Å². The highest BCUT2D eigenvalue weighted by Crippen LogP contribution is 2.29. The monoisotopic (exact) mass is 187 g/mol. The number of ether oxygens (including phenoxy) is 1. The van der Waals surface area contributed by atoms with Crippen LogP contribution in [0.15, 0.2) is 0 Å². The van der Waals surface area contributed by atoms with E-state index in [9.17, 15) is 9.59 Å². The highest BCUT2D eigenvalue weighted by molar-refractivity contribution is 5.84. The molecule has 1 atom stereocenters. The molecule has 0 aliphatic carbocycles. The number of carboxylic acids is 1. The summed E-state index contributed by atoms with van der Waals surface area (Å²) in [7, 11) is 1.25. The number of hydrogen-bond donors (Lipinski definition) is 1. The molecule has 1 heterocycles. The minimum atomic E-state index is -1.09. The van der Waals surface area contributed by atoms with Crippen molar-refractivity contribution in [2.45, 2.75) is 25.3 Å². The maximum absolute atomic E-state index is 11.2. The van der Waals surface area contributed by atoms with Gasteiger partial charge < -0.3 is 9.84 Å². The number of methoxy groups -OCH3 is 1. The van der Waals surface area contributed by atoms with Crippen molar-refractivity contribution >= 4 is 12.1 Å². The van der Waals surface area contributed by atoms with Gasteiger partial charge in [-0.2, -0.15) is 0 Å². The molecule has 5 nitrogen and oxygen atoms in total. The number of carboxylic acid groups (broad SMARTS) is 1. The quantitative estimate of drug-likeness (QED) is 0.655. The zero-order valence-corrected chi connectivity index (χ0v) is 7.74. The van der Waals surface area contributed by atoms with E-state index in [-0.39, 0.29) is 0 Å². The first-order chi connectivity index (χ1) is 6.02. The molecule has 1 aliphatic rings. The normalized spacial score (nSPS) is 27.4. The van der Waals surface area contributed by atoms with Gasteiger partial charge in [0.2, 0.25) is 0 Å². The van der Waals surface area contributed by atoms with Crippen molar-refractivity contribution in [1.82, 2.24) is 4.90 Å². The van der Waals surface area contributed by atoms with Crippen molar-refractivity contribution in [2.24, 2.45) is 0 Å². The Hall–Kier alpha value is -1.26. The van der Waals surface area contributed by atoms with Crippen molar-refractivity contribution in [3.8, 4) is 0 Å². The van der Waals surface area contributed by atoms with Crippen LogP contribution in [0.25, 0.3) is 0 Å². The number of amides is 1. The molecule has 1 rings (SSSR count). The molecular formula is C8H13NO4. The second-order valence-corrected chi connectivity index (χ2v) is 3.30. The molecule has 1 amide bonds. The summed E-state index contributed by atoms with van der Waals surface area (Å²) in [5.74, 6) is -0.976. The summed E-state index contributed by atoms with van der Waals surface area (Å²) in [4.78, 5) is 23.3. The summed E-state index contributed by atoms with van der Waals surface area (Å²) < 4.78 is 4.50. The highest BCUT2D eigenvalue weighted by Gasteiger charge is 2.46. The molecule has 0 spiro atoms. The SMILES string of the molecule is COC(=O)N1CCCC1(C)C(=O)O. The van der Waals surface area contributed by atoms with E-state index in [4.69, 9.17) is 5.11 Å². The van der Waals surface area contributed by atoms with Crippen molar-refractivity contribution in [2.75, 3.05) is 13.7 Å². The number of carbonyl (C=O) groups excluding carboxylic acids is 1. The largest absolute Gasteiger partial charge is 0.480 e. The molecule has 0 aromatic heterocycles. The predicted molar refractivity (Wildman–Crippen MR) is 44.4 cm³/mol. The molecule has 0 saturated carbocycles. The van der Waals surface area contributed by atoms with E-state index in [2.05, 4.69) is 4.74 Å². The van der Waals surface area contributed by atoms with Gasteiger partial charge in [0, 0.05) is 6.54 Å². The summed E-state index contributed by atoms with van der Waals surface area (Å²) in [6.45, 7) is 1.99. The second kappa shape index (κ2) is 3.24. The summed E-state index contributed by atoms with van der Waals surface area (Å²) in [6.07, 6.45) is 0.623. The molecule has 0 aromatic carbocycles. The fraction of sp³-hybridized carbons (Fsp3) is 0.750. The number of carbonyl (C=O) groups is 2. The van der Waals surface area contributed by atoms with Gasteiger partial charge in [0.05, 0.1) is 7.11 Å². The Balaban J connectivity index is 2.85. The lowest BCUT2D eigenvalue weighted by atomic mass is 10.00. The predicted octanol–water partition coefficient (Wildman–Crippen LogP) is 0.692. The summed E-state index contributed by atoms with van der Waals surface area (Å²) in [6, 6.07) is 0. The molecule has 1 unspecified atom stereocenters. The third-order valence-corrected chi connectivity index (χ3v) is 2.50. The van der Waals surface area contributed by atoms with Crippen LogP contribution in [-0.4, -0.2) is 41.3 Å². The van der Waals surface area contributed by atoms with E-state index < -0.39 is 17.6 Å². The van der Waals surface area contributed by atoms with Gasteiger partial charge in [-0.15, -0.1) is 0 Å². The first-order valence-corrected chi connectivity index (χ1v) is 4.11. The van der Waals surface area contributed by atoms with Gasteiger partial charge in [-0.05, 0) is 19.8 Å². The molecule has 1 aliphatic heterocycles. The van der Waals surface area contributed by atoms with E-state index in [1.54, 1.807) is 6.92 Å². The maximum Gasteiger partial charge on any atom is 0.410 e. The number of rotatable bonds is 1. The van der Waals surface area contributed by atoms with Gasteiger partial charge in [-0.1, -0.05) is 0 Å². The lowest BCUT2D eigenvalue weighted by Crippen LogP contribution is -2.50. The Morgan fingerprint density at radius 1 is 1.54 bits per heavy atom. The standard InChI is InChI=1S/C8H13NO4/c1-8(6(10)11)4-3-5-9(8)7(12)13-2/h3-5H2,1-2H3,(H,10,11). The Morgan fingerprint density at radius 3 is 2.62 bits per heavy atom. The fourth-order valence-electron chi connectivity index (χ4n) is 1.59. The van der Waals surface area contributed by atoms with E-state index in [1.165, 1.54) is 12.0 Å². The number of likely N-dealkylation sites (tertiary alicyclic amines) is 1. The number of aliphatic carboxylic acids is 1. The number of nitrogens with zero attached hydrogens (tertiary/aromatic N) is 1. The van der Waals surface area contributed by atoms with Crippen LogP contribution >= 0.6 is 0 Å². The van der Waals surface area contributed by atoms with Crippen LogP contribution in [0, 0.1) is 0 Å². The van der Waals surface area contributed by atoms with E-state index in [1.807, 2.05) is 0 Å². The van der Waals surface area contributed by atoms with Gasteiger partial charge in [0.25, 0.3) is 0 Å². The van der Waals surface area contributed by atoms with Crippen LogP contribution in [-0.2, 0) is 9.53 Å². The van der Waals surface area contributed by atoms with E-state index >= 15 is 0 Å². The van der Waals surface area contributed by atoms with E-state index in [0.29, 0.717) is 19.4 Å².